The van der Waals surface area contributed by atoms with E-state index in [9.17, 15) is 4.79 Å². The molecule has 2 aromatic heterocycles. The molecule has 1 amide bonds. The van der Waals surface area contributed by atoms with Crippen molar-refractivity contribution < 1.29 is 9.32 Å². The largest absolute Gasteiger partial charge is 0.366 e. The Bertz CT molecular complexity index is 1250. The number of amides is 1. The summed E-state index contributed by atoms with van der Waals surface area (Å²) in [4.78, 5) is 23.4. The summed E-state index contributed by atoms with van der Waals surface area (Å²) in [5.74, 6) is 0.676. The average Bonchev–Trinajstić information content (AvgIpc) is 3.35. The molecule has 0 spiro atoms. The first-order valence-corrected chi connectivity index (χ1v) is 9.65. The number of aromatic nitrogens is 3. The number of carbonyl (C=O) groups is 1. The number of carbonyl (C=O) groups excluding carboxylic acids is 1. The van der Waals surface area contributed by atoms with Crippen molar-refractivity contribution in [3.05, 3.63) is 70.9 Å². The zero-order valence-electron chi connectivity index (χ0n) is 16.4. The molecule has 30 heavy (non-hydrogen) atoms. The maximum absolute atomic E-state index is 11.7. The predicted octanol–water partition coefficient (Wildman–Crippen LogP) is 2.94. The van der Waals surface area contributed by atoms with Crippen LogP contribution in [-0.4, -0.2) is 33.0 Å². The minimum atomic E-state index is -0.565. The molecule has 3 heterocycles. The number of nitrogens with two attached hydrogens (primary N) is 1. The molecule has 0 aliphatic carbocycles. The second-order valence-corrected chi connectivity index (χ2v) is 7.41. The molecule has 0 atom stereocenters. The Labute approximate surface area is 172 Å². The van der Waals surface area contributed by atoms with Gasteiger partial charge in [-0.05, 0) is 24.7 Å². The number of primary amides is 1. The summed E-state index contributed by atoms with van der Waals surface area (Å²) in [5, 5.41) is 8.27. The quantitative estimate of drug-likeness (QED) is 0.530. The van der Waals surface area contributed by atoms with E-state index in [1.165, 1.54) is 0 Å². The Hall–Kier alpha value is -3.78. The van der Waals surface area contributed by atoms with E-state index < -0.39 is 5.91 Å². The van der Waals surface area contributed by atoms with Gasteiger partial charge in [0.2, 0.25) is 0 Å². The highest BCUT2D eigenvalue weighted by atomic mass is 16.5. The molecule has 3 N–H and O–H groups in total. The van der Waals surface area contributed by atoms with E-state index in [-0.39, 0.29) is 5.56 Å². The highest BCUT2D eigenvalue weighted by Gasteiger charge is 2.25. The van der Waals surface area contributed by atoms with Crippen LogP contribution in [0.3, 0.4) is 0 Å². The molecule has 5 rings (SSSR count). The third kappa shape index (κ3) is 3.17. The molecule has 0 radical (unpaired) electrons. The summed E-state index contributed by atoms with van der Waals surface area (Å²) < 4.78 is 5.44. The number of hydrogen-bond donors (Lipinski definition) is 2. The van der Waals surface area contributed by atoms with Crippen molar-refractivity contribution in [1.29, 1.82) is 0 Å². The molecule has 0 saturated heterocycles. The Morgan fingerprint density at radius 3 is 2.77 bits per heavy atom. The molecule has 8 heteroatoms. The SMILES string of the molecule is CN1Cc2nc(-c3noc4c(C(N)=O)cccc34)nc(NCc3ccccc3)c2C1. The molecule has 1 aliphatic rings. The lowest BCUT2D eigenvalue weighted by atomic mass is 10.1. The summed E-state index contributed by atoms with van der Waals surface area (Å²) in [6.07, 6.45) is 0. The minimum Gasteiger partial charge on any atom is -0.366 e. The van der Waals surface area contributed by atoms with Crippen molar-refractivity contribution in [2.24, 2.45) is 5.73 Å². The summed E-state index contributed by atoms with van der Waals surface area (Å²) in [6.45, 7) is 2.16. The van der Waals surface area contributed by atoms with E-state index >= 15 is 0 Å². The molecular formula is C22H20N6O2. The second kappa shape index (κ2) is 7.23. The Balaban J connectivity index is 1.58. The summed E-state index contributed by atoms with van der Waals surface area (Å²) >= 11 is 0. The molecule has 0 bridgehead atoms. The lowest BCUT2D eigenvalue weighted by Gasteiger charge is -2.11. The van der Waals surface area contributed by atoms with Gasteiger partial charge in [-0.1, -0.05) is 41.6 Å². The maximum atomic E-state index is 11.7. The Morgan fingerprint density at radius 1 is 1.13 bits per heavy atom. The zero-order chi connectivity index (χ0) is 20.7. The van der Waals surface area contributed by atoms with E-state index in [2.05, 4.69) is 27.5 Å². The number of benzene rings is 2. The topological polar surface area (TPSA) is 110 Å². The molecule has 8 nitrogen and oxygen atoms in total. The molecule has 150 valence electrons. The van der Waals surface area contributed by atoms with Gasteiger partial charge in [0, 0.05) is 25.2 Å². The molecular weight excluding hydrogens is 380 g/mol. The van der Waals surface area contributed by atoms with E-state index in [1.54, 1.807) is 12.1 Å². The first-order chi connectivity index (χ1) is 14.6. The van der Waals surface area contributed by atoms with Crippen LogP contribution < -0.4 is 11.1 Å². The van der Waals surface area contributed by atoms with Crippen LogP contribution in [-0.2, 0) is 19.6 Å². The van der Waals surface area contributed by atoms with Crippen LogP contribution >= 0.6 is 0 Å². The van der Waals surface area contributed by atoms with Gasteiger partial charge in [-0.3, -0.25) is 9.69 Å². The third-order valence-electron chi connectivity index (χ3n) is 5.22. The molecule has 0 unspecified atom stereocenters. The van der Waals surface area contributed by atoms with Gasteiger partial charge in [-0.2, -0.15) is 0 Å². The first-order valence-electron chi connectivity index (χ1n) is 9.65. The van der Waals surface area contributed by atoms with Crippen LogP contribution in [0.4, 0.5) is 5.82 Å². The van der Waals surface area contributed by atoms with Crippen molar-refractivity contribution in [2.75, 3.05) is 12.4 Å². The van der Waals surface area contributed by atoms with Gasteiger partial charge in [0.15, 0.2) is 17.1 Å². The first kappa shape index (κ1) is 18.3. The smallest absolute Gasteiger partial charge is 0.252 e. The number of para-hydroxylation sites is 1. The van der Waals surface area contributed by atoms with Gasteiger partial charge in [-0.15, -0.1) is 0 Å². The van der Waals surface area contributed by atoms with Crippen molar-refractivity contribution in [1.82, 2.24) is 20.0 Å². The second-order valence-electron chi connectivity index (χ2n) is 7.41. The fourth-order valence-electron chi connectivity index (χ4n) is 3.76. The van der Waals surface area contributed by atoms with Gasteiger partial charge in [0.25, 0.3) is 5.91 Å². The minimum absolute atomic E-state index is 0.287. The standard InChI is InChI=1S/C22H20N6O2/c1-28-11-16-17(12-28)25-22(26-21(16)24-10-13-6-3-2-4-7-13)18-14-8-5-9-15(20(23)29)19(14)30-27-18/h2-9H,10-12H2,1H3,(H2,23,29)(H,24,25,26). The van der Waals surface area contributed by atoms with Crippen molar-refractivity contribution >= 4 is 22.7 Å². The number of rotatable bonds is 5. The van der Waals surface area contributed by atoms with Crippen LogP contribution in [0.15, 0.2) is 53.1 Å². The van der Waals surface area contributed by atoms with Crippen molar-refractivity contribution in [3.63, 3.8) is 0 Å². The number of hydrogen-bond acceptors (Lipinski definition) is 7. The molecule has 4 aromatic rings. The predicted molar refractivity (Wildman–Crippen MR) is 112 cm³/mol. The molecule has 1 aliphatic heterocycles. The summed E-state index contributed by atoms with van der Waals surface area (Å²) in [7, 11) is 2.05. The van der Waals surface area contributed by atoms with Gasteiger partial charge in [0.05, 0.1) is 16.6 Å². The molecule has 2 aromatic carbocycles. The zero-order valence-corrected chi connectivity index (χ0v) is 16.4. The number of fused-ring (bicyclic) bond motifs is 2. The normalized spacial score (nSPS) is 13.5. The van der Waals surface area contributed by atoms with Gasteiger partial charge < -0.3 is 15.6 Å². The number of nitrogens with one attached hydrogen (secondary N) is 1. The van der Waals surface area contributed by atoms with Crippen LogP contribution in [0.25, 0.3) is 22.5 Å². The maximum Gasteiger partial charge on any atom is 0.252 e. The van der Waals surface area contributed by atoms with E-state index in [1.807, 2.05) is 31.3 Å². The van der Waals surface area contributed by atoms with Crippen LogP contribution in [0.1, 0.15) is 27.2 Å². The van der Waals surface area contributed by atoms with Gasteiger partial charge >= 0.3 is 0 Å². The van der Waals surface area contributed by atoms with Crippen LogP contribution in [0.5, 0.6) is 0 Å². The molecule has 0 saturated carbocycles. The fourth-order valence-corrected chi connectivity index (χ4v) is 3.76. The van der Waals surface area contributed by atoms with Crippen molar-refractivity contribution in [2.45, 2.75) is 19.6 Å². The van der Waals surface area contributed by atoms with Crippen molar-refractivity contribution in [3.8, 4) is 11.5 Å². The van der Waals surface area contributed by atoms with E-state index in [0.29, 0.717) is 29.0 Å². The van der Waals surface area contributed by atoms with Crippen LogP contribution in [0, 0.1) is 0 Å². The van der Waals surface area contributed by atoms with E-state index in [0.717, 1.165) is 35.7 Å². The van der Waals surface area contributed by atoms with E-state index in [4.69, 9.17) is 20.2 Å². The lowest BCUT2D eigenvalue weighted by molar-refractivity contribution is 0.100. The monoisotopic (exact) mass is 400 g/mol. The third-order valence-corrected chi connectivity index (χ3v) is 5.22. The number of nitrogens with zero attached hydrogens (tertiary/aromatic N) is 4. The van der Waals surface area contributed by atoms with Gasteiger partial charge in [-0.25, -0.2) is 9.97 Å². The fraction of sp³-hybridized carbons (Fsp3) is 0.182. The molecule has 0 fully saturated rings. The highest BCUT2D eigenvalue weighted by Crippen LogP contribution is 2.32. The summed E-state index contributed by atoms with van der Waals surface area (Å²) in [6, 6.07) is 15.3. The lowest BCUT2D eigenvalue weighted by Crippen LogP contribution is -2.10. The Kier molecular flexibility index (Phi) is 4.40. The average molecular weight is 400 g/mol. The Morgan fingerprint density at radius 2 is 1.97 bits per heavy atom. The highest BCUT2D eigenvalue weighted by molar-refractivity contribution is 6.06. The van der Waals surface area contributed by atoms with Crippen LogP contribution in [0.2, 0.25) is 0 Å². The van der Waals surface area contributed by atoms with Gasteiger partial charge in [0.1, 0.15) is 5.82 Å². The summed E-state index contributed by atoms with van der Waals surface area (Å²) in [5.41, 5.74) is 9.80. The number of anilines is 1.